The highest BCUT2D eigenvalue weighted by Crippen LogP contribution is 2.30. The lowest BCUT2D eigenvalue weighted by Gasteiger charge is -2.25. The molecule has 26 heavy (non-hydrogen) atoms. The summed E-state index contributed by atoms with van der Waals surface area (Å²) in [6, 6.07) is 13.0. The fourth-order valence-electron chi connectivity index (χ4n) is 3.59. The lowest BCUT2D eigenvalue weighted by Crippen LogP contribution is -2.36. The minimum atomic E-state index is -0.0107. The standard InChI is InChI=1S/C21H28N4O/c1-15-5-8-17(9-6-15)18-12-25(13-19(18)24(3)4)14-21(26)23-20-10-7-16(2)11-22-20/h5-11,18-19H,12-14H2,1-4H3,(H,22,23,26)/t18-,19+/m1/s1. The second kappa shape index (κ2) is 7.98. The molecule has 1 amide bonds. The summed E-state index contributed by atoms with van der Waals surface area (Å²) in [5, 5.41) is 2.90. The number of aryl methyl sites for hydroxylation is 2. The second-order valence-electron chi connectivity index (χ2n) is 7.51. The molecule has 1 fully saturated rings. The molecule has 2 atom stereocenters. The van der Waals surface area contributed by atoms with Crippen LogP contribution in [0.4, 0.5) is 5.82 Å². The van der Waals surface area contributed by atoms with Crippen LogP contribution < -0.4 is 5.32 Å². The average molecular weight is 352 g/mol. The predicted molar refractivity (Wildman–Crippen MR) is 105 cm³/mol. The molecule has 2 heterocycles. The van der Waals surface area contributed by atoms with Gasteiger partial charge in [0.2, 0.25) is 5.91 Å². The highest BCUT2D eigenvalue weighted by atomic mass is 16.2. The maximum atomic E-state index is 12.4. The lowest BCUT2D eigenvalue weighted by atomic mass is 9.93. The van der Waals surface area contributed by atoms with Crippen molar-refractivity contribution in [3.05, 3.63) is 59.3 Å². The maximum absolute atomic E-state index is 12.4. The minimum Gasteiger partial charge on any atom is -0.310 e. The molecule has 1 aromatic heterocycles. The summed E-state index contributed by atoms with van der Waals surface area (Å²) in [4.78, 5) is 21.2. The Balaban J connectivity index is 1.64. The zero-order chi connectivity index (χ0) is 18.7. The fourth-order valence-corrected chi connectivity index (χ4v) is 3.59. The van der Waals surface area contributed by atoms with Crippen LogP contribution in [0.15, 0.2) is 42.6 Å². The second-order valence-corrected chi connectivity index (χ2v) is 7.51. The largest absolute Gasteiger partial charge is 0.310 e. The number of hydrogen-bond donors (Lipinski definition) is 1. The molecule has 1 aromatic carbocycles. The molecule has 138 valence electrons. The van der Waals surface area contributed by atoms with Gasteiger partial charge in [0.15, 0.2) is 0 Å². The minimum absolute atomic E-state index is 0.0107. The topological polar surface area (TPSA) is 48.5 Å². The van der Waals surface area contributed by atoms with Gasteiger partial charge in [0.05, 0.1) is 6.54 Å². The molecular weight excluding hydrogens is 324 g/mol. The predicted octanol–water partition coefficient (Wildman–Crippen LogP) is 2.67. The summed E-state index contributed by atoms with van der Waals surface area (Å²) in [6.45, 7) is 6.26. The smallest absolute Gasteiger partial charge is 0.239 e. The van der Waals surface area contributed by atoms with E-state index in [9.17, 15) is 4.79 Å². The quantitative estimate of drug-likeness (QED) is 0.899. The van der Waals surface area contributed by atoms with Crippen molar-refractivity contribution in [2.24, 2.45) is 0 Å². The first-order chi connectivity index (χ1) is 12.4. The van der Waals surface area contributed by atoms with Crippen molar-refractivity contribution in [2.45, 2.75) is 25.8 Å². The van der Waals surface area contributed by atoms with Crippen molar-refractivity contribution in [3.8, 4) is 0 Å². The van der Waals surface area contributed by atoms with Crippen molar-refractivity contribution in [2.75, 3.05) is 39.0 Å². The number of likely N-dealkylation sites (N-methyl/N-ethyl adjacent to an activating group) is 1. The fraction of sp³-hybridized carbons (Fsp3) is 0.429. The lowest BCUT2D eigenvalue weighted by molar-refractivity contribution is -0.117. The van der Waals surface area contributed by atoms with Crippen LogP contribution in [0.5, 0.6) is 0 Å². The molecule has 5 heteroatoms. The number of pyridine rings is 1. The van der Waals surface area contributed by atoms with E-state index in [-0.39, 0.29) is 5.91 Å². The van der Waals surface area contributed by atoms with Gasteiger partial charge in [0.1, 0.15) is 5.82 Å². The third-order valence-corrected chi connectivity index (χ3v) is 5.08. The van der Waals surface area contributed by atoms with Gasteiger partial charge >= 0.3 is 0 Å². The third kappa shape index (κ3) is 4.48. The van der Waals surface area contributed by atoms with E-state index in [0.717, 1.165) is 18.7 Å². The van der Waals surface area contributed by atoms with Gasteiger partial charge in [0.25, 0.3) is 0 Å². The number of amides is 1. The number of anilines is 1. The Kier molecular flexibility index (Phi) is 5.69. The van der Waals surface area contributed by atoms with Gasteiger partial charge in [-0.1, -0.05) is 35.9 Å². The van der Waals surface area contributed by atoms with Crippen molar-refractivity contribution in [1.82, 2.24) is 14.8 Å². The van der Waals surface area contributed by atoms with E-state index in [1.807, 2.05) is 19.1 Å². The van der Waals surface area contributed by atoms with E-state index in [1.165, 1.54) is 11.1 Å². The van der Waals surface area contributed by atoms with Crippen LogP contribution in [-0.4, -0.2) is 60.5 Å². The Hall–Kier alpha value is -2.24. The van der Waals surface area contributed by atoms with Gasteiger partial charge in [-0.2, -0.15) is 0 Å². The van der Waals surface area contributed by atoms with Gasteiger partial charge in [-0.05, 0) is 45.1 Å². The van der Waals surface area contributed by atoms with Gasteiger partial charge in [-0.3, -0.25) is 9.69 Å². The number of rotatable bonds is 5. The van der Waals surface area contributed by atoms with Crippen molar-refractivity contribution < 1.29 is 4.79 Å². The molecule has 1 aliphatic heterocycles. The first-order valence-electron chi connectivity index (χ1n) is 9.10. The molecule has 3 rings (SSSR count). The summed E-state index contributed by atoms with van der Waals surface area (Å²) in [7, 11) is 4.23. The van der Waals surface area contributed by atoms with Gasteiger partial charge in [-0.15, -0.1) is 0 Å². The normalized spacial score (nSPS) is 20.5. The molecule has 0 unspecified atom stereocenters. The van der Waals surface area contributed by atoms with Gasteiger partial charge in [0, 0.05) is 31.2 Å². The third-order valence-electron chi connectivity index (χ3n) is 5.08. The van der Waals surface area contributed by atoms with Crippen LogP contribution in [0.1, 0.15) is 22.6 Å². The van der Waals surface area contributed by atoms with Crippen molar-refractivity contribution in [1.29, 1.82) is 0 Å². The SMILES string of the molecule is Cc1ccc([C@H]2CN(CC(=O)Nc3ccc(C)cn3)C[C@@H]2N(C)C)cc1. The van der Waals surface area contributed by atoms with Gasteiger partial charge in [-0.25, -0.2) is 4.98 Å². The number of nitrogens with one attached hydrogen (secondary N) is 1. The highest BCUT2D eigenvalue weighted by Gasteiger charge is 2.35. The molecule has 1 aliphatic rings. The molecule has 0 spiro atoms. The monoisotopic (exact) mass is 352 g/mol. The number of carbonyl (C=O) groups is 1. The zero-order valence-corrected chi connectivity index (χ0v) is 16.1. The number of aromatic nitrogens is 1. The Morgan fingerprint density at radius 2 is 1.81 bits per heavy atom. The molecule has 1 saturated heterocycles. The number of hydrogen-bond acceptors (Lipinski definition) is 4. The molecule has 2 aromatic rings. The number of nitrogens with zero attached hydrogens (tertiary/aromatic N) is 3. The molecule has 1 N–H and O–H groups in total. The molecule has 5 nitrogen and oxygen atoms in total. The summed E-state index contributed by atoms with van der Waals surface area (Å²) in [5.41, 5.74) is 3.70. The summed E-state index contributed by atoms with van der Waals surface area (Å²) < 4.78 is 0. The van der Waals surface area contributed by atoms with E-state index in [4.69, 9.17) is 0 Å². The van der Waals surface area contributed by atoms with Crippen molar-refractivity contribution >= 4 is 11.7 Å². The van der Waals surface area contributed by atoms with Crippen LogP contribution in [0.25, 0.3) is 0 Å². The molecule has 0 radical (unpaired) electrons. The van der Waals surface area contributed by atoms with Crippen molar-refractivity contribution in [3.63, 3.8) is 0 Å². The van der Waals surface area contributed by atoms with Crippen LogP contribution in [0.2, 0.25) is 0 Å². The maximum Gasteiger partial charge on any atom is 0.239 e. The summed E-state index contributed by atoms with van der Waals surface area (Å²) in [6.07, 6.45) is 1.76. The van der Waals surface area contributed by atoms with E-state index in [1.54, 1.807) is 6.20 Å². The summed E-state index contributed by atoms with van der Waals surface area (Å²) >= 11 is 0. The molecular formula is C21H28N4O. The van der Waals surface area contributed by atoms with E-state index in [0.29, 0.717) is 24.3 Å². The first kappa shape index (κ1) is 18.5. The first-order valence-corrected chi connectivity index (χ1v) is 9.10. The Morgan fingerprint density at radius 1 is 1.12 bits per heavy atom. The van der Waals surface area contributed by atoms with Crippen LogP contribution in [0.3, 0.4) is 0 Å². The number of carbonyl (C=O) groups excluding carboxylic acids is 1. The molecule has 0 aliphatic carbocycles. The molecule has 0 bridgehead atoms. The Labute approximate surface area is 156 Å². The van der Waals surface area contributed by atoms with E-state index in [2.05, 4.69) is 65.4 Å². The van der Waals surface area contributed by atoms with Crippen LogP contribution in [-0.2, 0) is 4.79 Å². The van der Waals surface area contributed by atoms with E-state index < -0.39 is 0 Å². The number of likely N-dealkylation sites (tertiary alicyclic amines) is 1. The highest BCUT2D eigenvalue weighted by molar-refractivity contribution is 5.91. The van der Waals surface area contributed by atoms with E-state index >= 15 is 0 Å². The molecule has 0 saturated carbocycles. The average Bonchev–Trinajstić information content (AvgIpc) is 3.01. The van der Waals surface area contributed by atoms with Crippen LogP contribution in [0, 0.1) is 13.8 Å². The van der Waals surface area contributed by atoms with Crippen LogP contribution >= 0.6 is 0 Å². The Bertz CT molecular complexity index is 740. The Morgan fingerprint density at radius 3 is 2.42 bits per heavy atom. The number of benzene rings is 1. The summed E-state index contributed by atoms with van der Waals surface area (Å²) in [5.74, 6) is 1.01. The van der Waals surface area contributed by atoms with Gasteiger partial charge < -0.3 is 10.2 Å². The zero-order valence-electron chi connectivity index (χ0n) is 16.1.